The van der Waals surface area contributed by atoms with Crippen LogP contribution in [-0.2, 0) is 14.8 Å². The number of sulfonamides is 1. The summed E-state index contributed by atoms with van der Waals surface area (Å²) in [4.78, 5) is 18.2. The average Bonchev–Trinajstić information content (AvgIpc) is 3.26. The Kier molecular flexibility index (Phi) is 6.52. The first kappa shape index (κ1) is 25.0. The molecule has 0 radical (unpaired) electrons. The summed E-state index contributed by atoms with van der Waals surface area (Å²) < 4.78 is 49.6. The molecule has 1 N–H and O–H groups in total. The van der Waals surface area contributed by atoms with Crippen LogP contribution in [-0.4, -0.2) is 59.5 Å². The summed E-state index contributed by atoms with van der Waals surface area (Å²) in [5.41, 5.74) is 3.25. The van der Waals surface area contributed by atoms with Gasteiger partial charge in [-0.05, 0) is 56.2 Å². The van der Waals surface area contributed by atoms with Gasteiger partial charge in [-0.3, -0.25) is 4.79 Å². The minimum absolute atomic E-state index is 0.00280. The quantitative estimate of drug-likeness (QED) is 0.427. The average molecular weight is 524 g/mol. The van der Waals surface area contributed by atoms with Crippen molar-refractivity contribution < 1.29 is 22.3 Å². The topological polar surface area (TPSA) is 106 Å². The maximum atomic E-state index is 14.3. The third kappa shape index (κ3) is 4.61. The number of hydrogen-bond donors (Lipinski definition) is 1. The van der Waals surface area contributed by atoms with Crippen molar-refractivity contribution in [1.29, 1.82) is 0 Å². The van der Waals surface area contributed by atoms with Gasteiger partial charge in [-0.1, -0.05) is 24.3 Å². The van der Waals surface area contributed by atoms with E-state index in [0.717, 1.165) is 5.69 Å². The summed E-state index contributed by atoms with van der Waals surface area (Å²) in [5, 5.41) is 7.08. The molecule has 0 unspecified atom stereocenters. The summed E-state index contributed by atoms with van der Waals surface area (Å²) in [6, 6.07) is 12.7. The van der Waals surface area contributed by atoms with Gasteiger partial charge in [0.2, 0.25) is 10.0 Å². The van der Waals surface area contributed by atoms with Gasteiger partial charge in [0, 0.05) is 24.5 Å². The molecule has 2 aromatic carbocycles. The second kappa shape index (κ2) is 9.66. The molecule has 192 valence electrons. The van der Waals surface area contributed by atoms with Gasteiger partial charge in [0.25, 0.3) is 5.91 Å². The minimum atomic E-state index is -3.81. The highest BCUT2D eigenvalue weighted by Crippen LogP contribution is 2.33. The maximum absolute atomic E-state index is 14.3. The SMILES string of the molecule is Cc1cc(C)n2nc(C(=O)Nc3ccccc3F)c(-c3ccc(C)c(S(=O)(=O)N4CCOCC4)c3)c2n1. The zero-order valence-electron chi connectivity index (χ0n) is 20.7. The van der Waals surface area contributed by atoms with Crippen molar-refractivity contribution >= 4 is 27.3 Å². The zero-order valence-corrected chi connectivity index (χ0v) is 21.5. The molecule has 2 aromatic heterocycles. The number of carbonyl (C=O) groups is 1. The first-order valence-electron chi connectivity index (χ1n) is 11.8. The third-order valence-corrected chi connectivity index (χ3v) is 8.34. The van der Waals surface area contributed by atoms with E-state index >= 15 is 0 Å². The lowest BCUT2D eigenvalue weighted by atomic mass is 10.0. The van der Waals surface area contributed by atoms with Crippen molar-refractivity contribution in [1.82, 2.24) is 18.9 Å². The van der Waals surface area contributed by atoms with Gasteiger partial charge < -0.3 is 10.1 Å². The number of amides is 1. The van der Waals surface area contributed by atoms with Crippen LogP contribution in [0.5, 0.6) is 0 Å². The molecule has 0 saturated carbocycles. The number of carbonyl (C=O) groups excluding carboxylic acids is 1. The number of hydrogen-bond acceptors (Lipinski definition) is 6. The van der Waals surface area contributed by atoms with Gasteiger partial charge in [-0.2, -0.15) is 9.40 Å². The van der Waals surface area contributed by atoms with Crippen LogP contribution in [0.25, 0.3) is 16.8 Å². The first-order valence-corrected chi connectivity index (χ1v) is 13.2. The second-order valence-corrected chi connectivity index (χ2v) is 10.8. The van der Waals surface area contributed by atoms with E-state index in [2.05, 4.69) is 15.4 Å². The normalized spacial score (nSPS) is 14.7. The molecule has 0 atom stereocenters. The molecular formula is C26H26FN5O4S. The lowest BCUT2D eigenvalue weighted by Gasteiger charge is -2.26. The smallest absolute Gasteiger partial charge is 0.276 e. The molecule has 9 nitrogen and oxygen atoms in total. The Balaban J connectivity index is 1.68. The maximum Gasteiger partial charge on any atom is 0.276 e. The van der Waals surface area contributed by atoms with Crippen molar-refractivity contribution in [2.24, 2.45) is 0 Å². The van der Waals surface area contributed by atoms with Crippen molar-refractivity contribution in [2.45, 2.75) is 25.7 Å². The molecule has 1 aliphatic rings. The molecule has 11 heteroatoms. The number of nitrogens with one attached hydrogen (secondary N) is 1. The predicted octanol–water partition coefficient (Wildman–Crippen LogP) is 3.73. The van der Waals surface area contributed by atoms with E-state index in [1.807, 2.05) is 19.9 Å². The molecule has 0 spiro atoms. The first-order chi connectivity index (χ1) is 17.7. The number of aryl methyl sites for hydroxylation is 3. The lowest BCUT2D eigenvalue weighted by Crippen LogP contribution is -2.40. The van der Waals surface area contributed by atoms with Crippen LogP contribution in [0.15, 0.2) is 53.4 Å². The van der Waals surface area contributed by atoms with Gasteiger partial charge in [0.1, 0.15) is 5.82 Å². The van der Waals surface area contributed by atoms with Gasteiger partial charge in [0.05, 0.1) is 29.4 Å². The Hall–Kier alpha value is -3.67. The van der Waals surface area contributed by atoms with E-state index < -0.39 is 21.7 Å². The van der Waals surface area contributed by atoms with Crippen LogP contribution in [0.2, 0.25) is 0 Å². The monoisotopic (exact) mass is 523 g/mol. The van der Waals surface area contributed by atoms with Crippen molar-refractivity contribution in [3.8, 4) is 11.1 Å². The highest BCUT2D eigenvalue weighted by atomic mass is 32.2. The summed E-state index contributed by atoms with van der Waals surface area (Å²) in [6.45, 7) is 6.57. The fourth-order valence-electron chi connectivity index (χ4n) is 4.45. The van der Waals surface area contributed by atoms with Crippen LogP contribution >= 0.6 is 0 Å². The molecule has 37 heavy (non-hydrogen) atoms. The van der Waals surface area contributed by atoms with Crippen LogP contribution in [0.3, 0.4) is 0 Å². The highest BCUT2D eigenvalue weighted by molar-refractivity contribution is 7.89. The number of fused-ring (bicyclic) bond motifs is 1. The Morgan fingerprint density at radius 1 is 1.05 bits per heavy atom. The van der Waals surface area contributed by atoms with E-state index in [4.69, 9.17) is 4.74 Å². The standard InChI is InChI=1S/C26H26FN5O4S/c1-16-8-9-19(15-22(16)37(34,35)31-10-12-36-13-11-31)23-24(26(33)29-21-7-5-4-6-20(21)27)30-32-18(3)14-17(2)28-25(23)32/h4-9,14-15H,10-13H2,1-3H3,(H,29,33). The van der Waals surface area contributed by atoms with Crippen LogP contribution < -0.4 is 5.32 Å². The van der Waals surface area contributed by atoms with E-state index in [9.17, 15) is 17.6 Å². The highest BCUT2D eigenvalue weighted by Gasteiger charge is 2.30. The fourth-order valence-corrected chi connectivity index (χ4v) is 6.11. The van der Waals surface area contributed by atoms with Crippen LogP contribution in [0.1, 0.15) is 27.4 Å². The number of ether oxygens (including phenoxy) is 1. The summed E-state index contributed by atoms with van der Waals surface area (Å²) in [7, 11) is -3.81. The Labute approximate surface area is 213 Å². The van der Waals surface area contributed by atoms with Gasteiger partial charge in [0.15, 0.2) is 11.3 Å². The molecule has 1 aliphatic heterocycles. The summed E-state index contributed by atoms with van der Waals surface area (Å²) in [5.74, 6) is -1.22. The van der Waals surface area contributed by atoms with Crippen LogP contribution in [0, 0.1) is 26.6 Å². The molecule has 1 saturated heterocycles. The number of nitrogens with zero attached hydrogens (tertiary/aromatic N) is 4. The molecule has 0 bridgehead atoms. The Bertz CT molecular complexity index is 1630. The number of morpholine rings is 1. The Morgan fingerprint density at radius 3 is 2.51 bits per heavy atom. The largest absolute Gasteiger partial charge is 0.379 e. The summed E-state index contributed by atoms with van der Waals surface area (Å²) in [6.07, 6.45) is 0. The van der Waals surface area contributed by atoms with Crippen molar-refractivity contribution in [3.05, 3.63) is 77.0 Å². The zero-order chi connectivity index (χ0) is 26.3. The Morgan fingerprint density at radius 2 is 1.78 bits per heavy atom. The number of halogens is 1. The number of para-hydroxylation sites is 1. The van der Waals surface area contributed by atoms with Crippen LogP contribution in [0.4, 0.5) is 10.1 Å². The summed E-state index contributed by atoms with van der Waals surface area (Å²) >= 11 is 0. The third-order valence-electron chi connectivity index (χ3n) is 6.30. The molecule has 1 fully saturated rings. The van der Waals surface area contributed by atoms with E-state index in [0.29, 0.717) is 41.2 Å². The predicted molar refractivity (Wildman–Crippen MR) is 137 cm³/mol. The van der Waals surface area contributed by atoms with Gasteiger partial charge in [-0.15, -0.1) is 0 Å². The van der Waals surface area contributed by atoms with Crippen molar-refractivity contribution in [3.63, 3.8) is 0 Å². The van der Waals surface area contributed by atoms with Gasteiger partial charge in [-0.25, -0.2) is 22.3 Å². The number of anilines is 1. The number of aromatic nitrogens is 3. The van der Waals surface area contributed by atoms with Crippen molar-refractivity contribution in [2.75, 3.05) is 31.6 Å². The lowest BCUT2D eigenvalue weighted by molar-refractivity contribution is 0.0730. The molecule has 4 aromatic rings. The minimum Gasteiger partial charge on any atom is -0.379 e. The number of rotatable bonds is 5. The molecule has 0 aliphatic carbocycles. The van der Waals surface area contributed by atoms with E-state index in [1.54, 1.807) is 31.2 Å². The molecular weight excluding hydrogens is 497 g/mol. The molecule has 1 amide bonds. The van der Waals surface area contributed by atoms with Gasteiger partial charge >= 0.3 is 0 Å². The second-order valence-electron chi connectivity index (χ2n) is 8.93. The fraction of sp³-hybridized carbons (Fsp3) is 0.269. The van der Waals surface area contributed by atoms with E-state index in [-0.39, 0.29) is 29.4 Å². The van der Waals surface area contributed by atoms with E-state index in [1.165, 1.54) is 27.0 Å². The number of benzene rings is 2. The molecule has 5 rings (SSSR count). The molecule has 3 heterocycles.